The Labute approximate surface area is 75.1 Å². The van der Waals surface area contributed by atoms with Gasteiger partial charge in [0.15, 0.2) is 5.54 Å². The monoisotopic (exact) mass is 188 g/mol. The summed E-state index contributed by atoms with van der Waals surface area (Å²) >= 11 is 0. The zero-order valence-electron chi connectivity index (χ0n) is 7.28. The van der Waals surface area contributed by atoms with Crippen molar-refractivity contribution in [2.45, 2.75) is 12.5 Å². The lowest BCUT2D eigenvalue weighted by molar-refractivity contribution is -0.150. The number of carboxylic acids is 1. The number of aliphatic carboxylic acids is 1. The number of carboxylic acid groups (broad SMARTS) is 2. The maximum absolute atomic E-state index is 10.8. The molecule has 0 aliphatic carbocycles. The molecule has 1 fully saturated rings. The van der Waals surface area contributed by atoms with E-state index in [1.807, 2.05) is 0 Å². The number of piperazine rings is 1. The average molecular weight is 188 g/mol. The van der Waals surface area contributed by atoms with Crippen LogP contribution < -0.4 is 5.32 Å². The minimum atomic E-state index is -1.34. The molecule has 74 valence electrons. The van der Waals surface area contributed by atoms with Crippen LogP contribution in [0.2, 0.25) is 0 Å². The van der Waals surface area contributed by atoms with Gasteiger partial charge in [-0.05, 0) is 6.92 Å². The van der Waals surface area contributed by atoms with Crippen LogP contribution in [-0.4, -0.2) is 52.3 Å². The molecule has 1 aliphatic rings. The van der Waals surface area contributed by atoms with Crippen LogP contribution in [0.3, 0.4) is 0 Å². The highest BCUT2D eigenvalue weighted by Gasteiger charge is 2.44. The minimum Gasteiger partial charge on any atom is -0.479 e. The third-order valence-corrected chi connectivity index (χ3v) is 2.27. The Balaban J connectivity index is 2.89. The maximum Gasteiger partial charge on any atom is 0.408 e. The summed E-state index contributed by atoms with van der Waals surface area (Å²) in [5.74, 6) is -1.12. The largest absolute Gasteiger partial charge is 0.479 e. The fraction of sp³-hybridized carbons (Fsp3) is 0.714. The summed E-state index contributed by atoms with van der Waals surface area (Å²) in [5, 5.41) is 20.5. The number of hydrogen-bond donors (Lipinski definition) is 3. The molecule has 1 aliphatic heterocycles. The minimum absolute atomic E-state index is 0.147. The van der Waals surface area contributed by atoms with Crippen LogP contribution in [-0.2, 0) is 4.79 Å². The Morgan fingerprint density at radius 2 is 2.08 bits per heavy atom. The molecule has 0 radical (unpaired) electrons. The first-order chi connectivity index (χ1) is 5.98. The van der Waals surface area contributed by atoms with Crippen molar-refractivity contribution in [1.29, 1.82) is 0 Å². The van der Waals surface area contributed by atoms with Gasteiger partial charge in [-0.3, -0.25) is 4.90 Å². The van der Waals surface area contributed by atoms with Crippen molar-refractivity contribution in [3.05, 3.63) is 0 Å². The lowest BCUT2D eigenvalue weighted by Gasteiger charge is -2.39. The first kappa shape index (κ1) is 9.79. The second-order valence-corrected chi connectivity index (χ2v) is 3.19. The van der Waals surface area contributed by atoms with Gasteiger partial charge < -0.3 is 15.5 Å². The summed E-state index contributed by atoms with van der Waals surface area (Å²) in [5.41, 5.74) is -1.34. The van der Waals surface area contributed by atoms with E-state index in [1.54, 1.807) is 0 Å². The van der Waals surface area contributed by atoms with Crippen molar-refractivity contribution >= 4 is 12.1 Å². The van der Waals surface area contributed by atoms with Crippen LogP contribution in [0.4, 0.5) is 4.79 Å². The molecule has 3 N–H and O–H groups in total. The van der Waals surface area contributed by atoms with E-state index in [-0.39, 0.29) is 13.1 Å². The molecule has 13 heavy (non-hydrogen) atoms. The van der Waals surface area contributed by atoms with Crippen molar-refractivity contribution in [1.82, 2.24) is 10.2 Å². The number of nitrogens with zero attached hydrogens (tertiary/aromatic N) is 1. The molecule has 1 heterocycles. The fourth-order valence-corrected chi connectivity index (χ4v) is 1.36. The number of hydrogen-bond acceptors (Lipinski definition) is 3. The molecule has 0 aromatic heterocycles. The summed E-state index contributed by atoms with van der Waals surface area (Å²) in [4.78, 5) is 22.5. The third kappa shape index (κ3) is 1.57. The Bertz CT molecular complexity index is 243. The lowest BCUT2D eigenvalue weighted by Crippen LogP contribution is -2.65. The molecule has 1 amide bonds. The van der Waals surface area contributed by atoms with Crippen molar-refractivity contribution in [2.24, 2.45) is 0 Å². The van der Waals surface area contributed by atoms with E-state index < -0.39 is 17.6 Å². The predicted molar refractivity (Wildman–Crippen MR) is 43.6 cm³/mol. The Morgan fingerprint density at radius 3 is 2.46 bits per heavy atom. The van der Waals surface area contributed by atoms with Gasteiger partial charge in [0.2, 0.25) is 0 Å². The molecule has 1 rings (SSSR count). The molecule has 0 aromatic rings. The molecule has 1 saturated heterocycles. The van der Waals surface area contributed by atoms with Gasteiger partial charge in [0.05, 0.1) is 0 Å². The average Bonchev–Trinajstić information content (AvgIpc) is 2.04. The van der Waals surface area contributed by atoms with Crippen molar-refractivity contribution in [3.8, 4) is 0 Å². The quantitative estimate of drug-likeness (QED) is 0.512. The van der Waals surface area contributed by atoms with E-state index in [0.717, 1.165) is 4.90 Å². The summed E-state index contributed by atoms with van der Waals surface area (Å²) in [6, 6.07) is 0. The maximum atomic E-state index is 10.8. The standard InChI is InChI=1S/C7H12N2O4/c1-7(5(10)11)4-8-2-3-9(7)6(12)13/h8H,2-4H2,1H3,(H,10,11)(H,12,13). The van der Waals surface area contributed by atoms with Gasteiger partial charge in [-0.25, -0.2) is 9.59 Å². The first-order valence-corrected chi connectivity index (χ1v) is 3.93. The fourth-order valence-electron chi connectivity index (χ4n) is 1.36. The van der Waals surface area contributed by atoms with Gasteiger partial charge >= 0.3 is 12.1 Å². The van der Waals surface area contributed by atoms with Gasteiger partial charge in [0.25, 0.3) is 0 Å². The van der Waals surface area contributed by atoms with Gasteiger partial charge in [0, 0.05) is 19.6 Å². The Hall–Kier alpha value is -1.30. The van der Waals surface area contributed by atoms with Crippen LogP contribution in [0, 0.1) is 0 Å². The molecule has 0 bridgehead atoms. The number of nitrogens with one attached hydrogen (secondary N) is 1. The van der Waals surface area contributed by atoms with Crippen molar-refractivity contribution < 1.29 is 19.8 Å². The van der Waals surface area contributed by atoms with Gasteiger partial charge in [0.1, 0.15) is 0 Å². The van der Waals surface area contributed by atoms with Crippen LogP contribution in [0.1, 0.15) is 6.92 Å². The normalized spacial score (nSPS) is 28.5. The number of amides is 1. The zero-order valence-corrected chi connectivity index (χ0v) is 7.28. The van der Waals surface area contributed by atoms with Crippen LogP contribution >= 0.6 is 0 Å². The van der Waals surface area contributed by atoms with Gasteiger partial charge in [-0.1, -0.05) is 0 Å². The summed E-state index contributed by atoms with van der Waals surface area (Å²) < 4.78 is 0. The van der Waals surface area contributed by atoms with Crippen LogP contribution in [0.25, 0.3) is 0 Å². The second kappa shape index (κ2) is 3.21. The molecule has 0 saturated carbocycles. The molecule has 1 atom stereocenters. The molecular formula is C7H12N2O4. The predicted octanol–water partition coefficient (Wildman–Crippen LogP) is -0.587. The van der Waals surface area contributed by atoms with E-state index in [9.17, 15) is 9.59 Å². The van der Waals surface area contributed by atoms with E-state index in [1.165, 1.54) is 6.92 Å². The summed E-state index contributed by atoms with van der Waals surface area (Å²) in [6.07, 6.45) is -1.19. The van der Waals surface area contributed by atoms with E-state index >= 15 is 0 Å². The molecule has 0 spiro atoms. The third-order valence-electron chi connectivity index (χ3n) is 2.27. The first-order valence-electron chi connectivity index (χ1n) is 3.93. The smallest absolute Gasteiger partial charge is 0.408 e. The number of carbonyl (C=O) groups is 2. The molecule has 0 aromatic carbocycles. The second-order valence-electron chi connectivity index (χ2n) is 3.19. The van der Waals surface area contributed by atoms with Gasteiger partial charge in [-0.15, -0.1) is 0 Å². The topological polar surface area (TPSA) is 89.9 Å². The highest BCUT2D eigenvalue weighted by Crippen LogP contribution is 2.17. The van der Waals surface area contributed by atoms with Crippen molar-refractivity contribution in [3.63, 3.8) is 0 Å². The highest BCUT2D eigenvalue weighted by molar-refractivity contribution is 5.84. The zero-order chi connectivity index (χ0) is 10.1. The molecule has 6 nitrogen and oxygen atoms in total. The number of rotatable bonds is 1. The SMILES string of the molecule is CC1(C(=O)O)CNCCN1C(=O)O. The Morgan fingerprint density at radius 1 is 1.46 bits per heavy atom. The molecule has 6 heteroatoms. The van der Waals surface area contributed by atoms with Gasteiger partial charge in [-0.2, -0.15) is 0 Å². The summed E-state index contributed by atoms with van der Waals surface area (Å²) in [7, 11) is 0. The van der Waals surface area contributed by atoms with E-state index in [2.05, 4.69) is 5.32 Å². The van der Waals surface area contributed by atoms with Crippen molar-refractivity contribution in [2.75, 3.05) is 19.6 Å². The van der Waals surface area contributed by atoms with Crippen LogP contribution in [0.15, 0.2) is 0 Å². The lowest BCUT2D eigenvalue weighted by atomic mass is 9.98. The molecule has 1 unspecified atom stereocenters. The molecular weight excluding hydrogens is 176 g/mol. The van der Waals surface area contributed by atoms with E-state index in [0.29, 0.717) is 6.54 Å². The Kier molecular flexibility index (Phi) is 2.42. The highest BCUT2D eigenvalue weighted by atomic mass is 16.4. The van der Waals surface area contributed by atoms with Crippen LogP contribution in [0.5, 0.6) is 0 Å². The van der Waals surface area contributed by atoms with E-state index in [4.69, 9.17) is 10.2 Å². The summed E-state index contributed by atoms with van der Waals surface area (Å²) in [6.45, 7) is 2.25.